The number of carboxylic acid groups (broad SMARTS) is 1. The molecule has 1 aliphatic heterocycles. The van der Waals surface area contributed by atoms with Gasteiger partial charge in [0.1, 0.15) is 5.78 Å². The van der Waals surface area contributed by atoms with Gasteiger partial charge >= 0.3 is 5.97 Å². The van der Waals surface area contributed by atoms with Crippen molar-refractivity contribution < 1.29 is 58.0 Å². The molecule has 0 aliphatic carbocycles. The number of aliphatic hydroxyl groups excluding tert-OH is 1. The molecule has 67 heavy (non-hydrogen) atoms. The van der Waals surface area contributed by atoms with Crippen LogP contribution in [0.25, 0.3) is 0 Å². The minimum Gasteiger partial charge on any atom is -0.481 e. The zero-order valence-corrected chi connectivity index (χ0v) is 42.5. The van der Waals surface area contributed by atoms with Crippen LogP contribution in [-0.4, -0.2) is 138 Å². The zero-order chi connectivity index (χ0) is 51.0. The van der Waals surface area contributed by atoms with Crippen molar-refractivity contribution in [3.05, 3.63) is 12.2 Å². The number of nitrogens with zero attached hydrogens (tertiary/aromatic N) is 2. The number of nitrogens with one attached hydrogen (secondary N) is 4. The minimum absolute atomic E-state index is 0.000342. The number of rotatable bonds is 36. The predicted octanol–water partition coefficient (Wildman–Crippen LogP) is 4.08. The molecule has 0 radical (unpaired) electrons. The number of ketones is 1. The summed E-state index contributed by atoms with van der Waals surface area (Å²) in [6.07, 6.45) is 3.34. The fourth-order valence-electron chi connectivity index (χ4n) is 7.95. The maximum Gasteiger partial charge on any atom is 0.303 e. The van der Waals surface area contributed by atoms with Gasteiger partial charge in [-0.3, -0.25) is 43.3 Å². The zero-order valence-electron chi connectivity index (χ0n) is 41.7. The molecule has 1 heterocycles. The van der Waals surface area contributed by atoms with Crippen LogP contribution in [-0.2, 0) is 47.8 Å². The first-order chi connectivity index (χ1) is 31.2. The molecular weight excluding hydrogens is 885 g/mol. The second-order valence-electron chi connectivity index (χ2n) is 19.7. The Kier molecular flexibility index (Phi) is 26.7. The molecular formula is C48H80N6O12S. The van der Waals surface area contributed by atoms with E-state index in [4.69, 9.17) is 9.47 Å². The third-order valence-corrected chi connectivity index (χ3v) is 13.2. The van der Waals surface area contributed by atoms with E-state index in [9.17, 15) is 53.8 Å². The number of aliphatic carboxylic acids is 1. The van der Waals surface area contributed by atoms with Crippen LogP contribution < -0.4 is 21.3 Å². The van der Waals surface area contributed by atoms with Crippen LogP contribution in [0.5, 0.6) is 0 Å². The molecule has 380 valence electrons. The molecule has 19 heteroatoms. The van der Waals surface area contributed by atoms with Gasteiger partial charge in [0.2, 0.25) is 23.6 Å². The van der Waals surface area contributed by atoms with Gasteiger partial charge < -0.3 is 41.0 Å². The third-order valence-electron chi connectivity index (χ3n) is 11.8. The second-order valence-corrected chi connectivity index (χ2v) is 21.3. The summed E-state index contributed by atoms with van der Waals surface area (Å²) < 4.78 is 9.92. The molecule has 0 saturated carbocycles. The second kappa shape index (κ2) is 29.5. The summed E-state index contributed by atoms with van der Waals surface area (Å²) >= 11 is 1.31. The summed E-state index contributed by atoms with van der Waals surface area (Å²) in [5.74, 6) is -4.36. The average Bonchev–Trinajstić information content (AvgIpc) is 3.56. The SMILES string of the molecule is CCCNC(=O)C(CC(C)(C#N)CCC(=O)O)C(C)(C)CC(C(=O)NC(C)C)C(C)(C)CC(C)(SCCC(=O)CCCOCCOCCNC(=O)CCN1C(=O)C=CC1=O)C(=O)NCC(C)O. The highest BCUT2D eigenvalue weighted by molar-refractivity contribution is 8.01. The molecule has 18 nitrogen and oxygen atoms in total. The number of hydrogen-bond donors (Lipinski definition) is 6. The van der Waals surface area contributed by atoms with Crippen molar-refractivity contribution in [2.75, 3.05) is 58.4 Å². The lowest BCUT2D eigenvalue weighted by atomic mass is 9.61. The molecule has 0 bridgehead atoms. The first kappa shape index (κ1) is 60.6. The summed E-state index contributed by atoms with van der Waals surface area (Å²) in [5.41, 5.74) is -2.92. The number of carbonyl (C=O) groups is 8. The van der Waals surface area contributed by atoms with Crippen molar-refractivity contribution in [1.29, 1.82) is 5.26 Å². The van der Waals surface area contributed by atoms with Gasteiger partial charge in [0.25, 0.3) is 11.8 Å². The monoisotopic (exact) mass is 965 g/mol. The molecule has 0 saturated heterocycles. The summed E-state index contributed by atoms with van der Waals surface area (Å²) in [4.78, 5) is 103. The Morgan fingerprint density at radius 3 is 1.97 bits per heavy atom. The number of aliphatic hydroxyl groups is 1. The lowest BCUT2D eigenvalue weighted by Crippen LogP contribution is -2.52. The largest absolute Gasteiger partial charge is 0.481 e. The van der Waals surface area contributed by atoms with Gasteiger partial charge in [0, 0.05) is 94.3 Å². The van der Waals surface area contributed by atoms with E-state index in [1.165, 1.54) is 23.9 Å². The highest BCUT2D eigenvalue weighted by Gasteiger charge is 2.49. The first-order valence-corrected chi connectivity index (χ1v) is 24.5. The number of carbonyl (C=O) groups excluding carboxylic acids is 7. The van der Waals surface area contributed by atoms with E-state index in [1.54, 1.807) is 20.8 Å². The molecule has 6 amide bonds. The molecule has 5 unspecified atom stereocenters. The van der Waals surface area contributed by atoms with Crippen molar-refractivity contribution in [2.24, 2.45) is 28.1 Å². The number of imide groups is 1. The standard InChI is InChI=1S/C48H80N6O12S/c1-11-20-51-42(62)37(29-47(9,32-49)19-16-41(60)61)45(5,6)28-36(43(63)53-33(2)3)46(7,8)31-48(10,44(64)52-30-34(4)55)67-27-18-35(56)13-12-23-65-25-26-66-24-21-50-38(57)17-22-54-39(58)14-15-40(54)59/h14-15,33-34,36-37,55H,11-13,16-31H2,1-10H3,(H,50,57)(H,51,62)(H,52,64)(H,53,63)(H,60,61). The summed E-state index contributed by atoms with van der Waals surface area (Å²) in [7, 11) is 0. The van der Waals surface area contributed by atoms with E-state index in [0.717, 1.165) is 4.90 Å². The Morgan fingerprint density at radius 2 is 1.40 bits per heavy atom. The van der Waals surface area contributed by atoms with Gasteiger partial charge in [-0.1, -0.05) is 34.6 Å². The van der Waals surface area contributed by atoms with Crippen LogP contribution in [0.2, 0.25) is 0 Å². The van der Waals surface area contributed by atoms with Gasteiger partial charge in [-0.05, 0) is 84.0 Å². The summed E-state index contributed by atoms with van der Waals surface area (Å²) in [6, 6.07) is 2.04. The molecule has 0 aromatic carbocycles. The predicted molar refractivity (Wildman–Crippen MR) is 255 cm³/mol. The normalized spacial score (nSPS) is 16.1. The number of carboxylic acids is 1. The van der Waals surface area contributed by atoms with E-state index in [0.29, 0.717) is 31.7 Å². The number of hydrogen-bond acceptors (Lipinski definition) is 13. The fraction of sp³-hybridized carbons (Fsp3) is 0.771. The molecule has 0 aromatic heterocycles. The van der Waals surface area contributed by atoms with Crippen LogP contribution in [0, 0.1) is 39.4 Å². The van der Waals surface area contributed by atoms with Crippen molar-refractivity contribution in [1.82, 2.24) is 26.2 Å². The summed E-state index contributed by atoms with van der Waals surface area (Å²) in [5, 5.41) is 41.2. The molecule has 0 aromatic rings. The van der Waals surface area contributed by atoms with Crippen molar-refractivity contribution in [2.45, 2.75) is 150 Å². The van der Waals surface area contributed by atoms with E-state index in [1.807, 2.05) is 48.5 Å². The molecule has 0 spiro atoms. The lowest BCUT2D eigenvalue weighted by molar-refractivity contribution is -0.139. The Morgan fingerprint density at radius 1 is 0.791 bits per heavy atom. The van der Waals surface area contributed by atoms with Crippen LogP contribution in [0.15, 0.2) is 12.2 Å². The quantitative estimate of drug-likeness (QED) is 0.0382. The molecule has 0 fully saturated rings. The maximum atomic E-state index is 14.3. The molecule has 5 atom stereocenters. The summed E-state index contributed by atoms with van der Waals surface area (Å²) in [6.45, 7) is 20.0. The first-order valence-electron chi connectivity index (χ1n) is 23.5. The van der Waals surface area contributed by atoms with Crippen LogP contribution in [0.1, 0.15) is 133 Å². The van der Waals surface area contributed by atoms with Crippen LogP contribution in [0.3, 0.4) is 0 Å². The Bertz CT molecular complexity index is 1730. The minimum atomic E-state index is -1.16. The molecule has 1 rings (SSSR count). The van der Waals surface area contributed by atoms with E-state index in [2.05, 4.69) is 27.3 Å². The number of Topliss-reactive ketones (excluding diaryl/α,β-unsaturated/α-hetero) is 1. The number of nitriles is 1. The molecule has 6 N–H and O–H groups in total. The Labute approximate surface area is 402 Å². The Hall–Kier alpha value is -4.38. The topological polar surface area (TPSA) is 271 Å². The highest BCUT2D eigenvalue weighted by atomic mass is 32.2. The smallest absolute Gasteiger partial charge is 0.303 e. The van der Waals surface area contributed by atoms with E-state index < -0.39 is 56.7 Å². The van der Waals surface area contributed by atoms with Gasteiger partial charge in [-0.2, -0.15) is 5.26 Å². The Balaban J connectivity index is 2.99. The number of thioether (sulfide) groups is 1. The van der Waals surface area contributed by atoms with E-state index in [-0.39, 0.29) is 126 Å². The van der Waals surface area contributed by atoms with Gasteiger partial charge in [0.05, 0.1) is 42.2 Å². The van der Waals surface area contributed by atoms with Gasteiger partial charge in [-0.15, -0.1) is 11.8 Å². The number of amides is 6. The third kappa shape index (κ3) is 23.0. The van der Waals surface area contributed by atoms with Crippen molar-refractivity contribution >= 4 is 59.0 Å². The van der Waals surface area contributed by atoms with Crippen LogP contribution >= 0.6 is 11.8 Å². The highest BCUT2D eigenvalue weighted by Crippen LogP contribution is 2.49. The van der Waals surface area contributed by atoms with Gasteiger partial charge in [-0.25, -0.2) is 0 Å². The average molecular weight is 965 g/mol. The van der Waals surface area contributed by atoms with Crippen molar-refractivity contribution in [3.63, 3.8) is 0 Å². The lowest BCUT2D eigenvalue weighted by Gasteiger charge is -2.45. The van der Waals surface area contributed by atoms with Gasteiger partial charge in [0.15, 0.2) is 0 Å². The van der Waals surface area contributed by atoms with E-state index >= 15 is 0 Å². The number of ether oxygens (including phenoxy) is 2. The maximum absolute atomic E-state index is 14.3. The van der Waals surface area contributed by atoms with Crippen LogP contribution in [0.4, 0.5) is 0 Å². The fourth-order valence-corrected chi connectivity index (χ4v) is 9.41. The van der Waals surface area contributed by atoms with Crippen molar-refractivity contribution in [3.8, 4) is 6.07 Å². The molecule has 1 aliphatic rings.